The van der Waals surface area contributed by atoms with Crippen molar-refractivity contribution in [2.45, 2.75) is 25.3 Å². The third-order valence-electron chi connectivity index (χ3n) is 2.98. The minimum Gasteiger partial charge on any atom is -0.494 e. The number of carbonyl (C=O) groups is 2. The summed E-state index contributed by atoms with van der Waals surface area (Å²) < 4.78 is 6.60. The van der Waals surface area contributed by atoms with Crippen LogP contribution in [0.4, 0.5) is 0 Å². The first-order valence-corrected chi connectivity index (χ1v) is 7.57. The van der Waals surface area contributed by atoms with Crippen LogP contribution < -0.4 is 10.5 Å². The number of rotatable bonds is 9. The van der Waals surface area contributed by atoms with Crippen LogP contribution >= 0.6 is 22.6 Å². The Morgan fingerprint density at radius 3 is 2.33 bits per heavy atom. The summed E-state index contributed by atoms with van der Waals surface area (Å²) in [6.45, 7) is 0.382. The molecule has 0 spiro atoms. The largest absolute Gasteiger partial charge is 0.494 e. The van der Waals surface area contributed by atoms with Crippen molar-refractivity contribution < 1.29 is 24.5 Å². The Balaban J connectivity index is 2.35. The lowest BCUT2D eigenvalue weighted by Crippen LogP contribution is -2.34. The van der Waals surface area contributed by atoms with E-state index < -0.39 is 23.9 Å². The van der Waals surface area contributed by atoms with Crippen molar-refractivity contribution in [3.05, 3.63) is 27.8 Å². The number of benzene rings is 1. The molecule has 0 aromatic heterocycles. The molecule has 0 amide bonds. The molecule has 0 bridgehead atoms. The number of nitrogens with two attached hydrogens (primary N) is 1. The average molecular weight is 407 g/mol. The molecular weight excluding hydrogens is 389 g/mol. The van der Waals surface area contributed by atoms with E-state index in [9.17, 15) is 9.59 Å². The van der Waals surface area contributed by atoms with Gasteiger partial charge in [-0.15, -0.1) is 0 Å². The zero-order valence-corrected chi connectivity index (χ0v) is 13.5. The van der Waals surface area contributed by atoms with Crippen LogP contribution in [0.15, 0.2) is 24.3 Å². The number of hydrogen-bond acceptors (Lipinski definition) is 4. The van der Waals surface area contributed by atoms with Gasteiger partial charge in [-0.25, -0.2) is 0 Å². The Labute approximate surface area is 136 Å². The van der Waals surface area contributed by atoms with Gasteiger partial charge in [-0.3, -0.25) is 9.59 Å². The van der Waals surface area contributed by atoms with E-state index in [1.807, 2.05) is 24.3 Å². The van der Waals surface area contributed by atoms with Gasteiger partial charge >= 0.3 is 11.9 Å². The number of halogens is 1. The van der Waals surface area contributed by atoms with Gasteiger partial charge in [0.1, 0.15) is 11.8 Å². The van der Waals surface area contributed by atoms with Crippen molar-refractivity contribution in [1.82, 2.24) is 0 Å². The summed E-state index contributed by atoms with van der Waals surface area (Å²) in [6, 6.07) is 6.38. The Morgan fingerprint density at radius 2 is 1.81 bits per heavy atom. The summed E-state index contributed by atoms with van der Waals surface area (Å²) in [7, 11) is 0. The van der Waals surface area contributed by atoms with Gasteiger partial charge in [-0.1, -0.05) is 0 Å². The van der Waals surface area contributed by atoms with E-state index in [0.29, 0.717) is 19.4 Å². The van der Waals surface area contributed by atoms with Gasteiger partial charge < -0.3 is 20.7 Å². The summed E-state index contributed by atoms with van der Waals surface area (Å²) in [4.78, 5) is 21.7. The van der Waals surface area contributed by atoms with E-state index in [1.165, 1.54) is 0 Å². The highest BCUT2D eigenvalue weighted by Crippen LogP contribution is 2.16. The third-order valence-corrected chi connectivity index (χ3v) is 3.70. The zero-order valence-electron chi connectivity index (χ0n) is 11.4. The standard InChI is InChI=1S/C14H18INO5/c15-10-3-5-11(6-4-10)21-7-1-2-9(13(17)18)8-12(16)14(19)20/h3-6,9,12H,1-2,7-8,16H2,(H,17,18)(H,19,20)/t9-,12-/m0/s1. The molecule has 0 saturated carbocycles. The lowest BCUT2D eigenvalue weighted by Gasteiger charge is -2.15. The molecule has 1 aromatic rings. The van der Waals surface area contributed by atoms with Crippen LogP contribution in [0.2, 0.25) is 0 Å². The molecule has 0 heterocycles. The van der Waals surface area contributed by atoms with E-state index >= 15 is 0 Å². The molecule has 1 rings (SSSR count). The smallest absolute Gasteiger partial charge is 0.320 e. The highest BCUT2D eigenvalue weighted by atomic mass is 127. The molecule has 6 nitrogen and oxygen atoms in total. The van der Waals surface area contributed by atoms with E-state index in [1.54, 1.807) is 0 Å². The van der Waals surface area contributed by atoms with Crippen LogP contribution in [0.5, 0.6) is 5.75 Å². The van der Waals surface area contributed by atoms with Crippen LogP contribution in [-0.4, -0.2) is 34.8 Å². The predicted octanol–water partition coefficient (Wildman–Crippen LogP) is 1.95. The van der Waals surface area contributed by atoms with Crippen LogP contribution in [-0.2, 0) is 9.59 Å². The van der Waals surface area contributed by atoms with Crippen molar-refractivity contribution in [2.75, 3.05) is 6.61 Å². The highest BCUT2D eigenvalue weighted by molar-refractivity contribution is 14.1. The van der Waals surface area contributed by atoms with E-state index in [4.69, 9.17) is 20.7 Å². The van der Waals surface area contributed by atoms with Gasteiger partial charge in [0.15, 0.2) is 0 Å². The van der Waals surface area contributed by atoms with Gasteiger partial charge in [0.25, 0.3) is 0 Å². The fraction of sp³-hybridized carbons (Fsp3) is 0.429. The summed E-state index contributed by atoms with van der Waals surface area (Å²) in [6.07, 6.45) is 0.782. The van der Waals surface area contributed by atoms with Crippen molar-refractivity contribution in [2.24, 2.45) is 11.7 Å². The lowest BCUT2D eigenvalue weighted by atomic mass is 9.95. The second-order valence-corrected chi connectivity index (χ2v) is 5.91. The Hall–Kier alpha value is -1.35. The number of aliphatic carboxylic acids is 2. The van der Waals surface area contributed by atoms with Gasteiger partial charge in [0.2, 0.25) is 0 Å². The monoisotopic (exact) mass is 407 g/mol. The summed E-state index contributed by atoms with van der Waals surface area (Å²) in [5.41, 5.74) is 5.37. The first-order chi connectivity index (χ1) is 9.90. The molecule has 0 fully saturated rings. The molecule has 0 radical (unpaired) electrons. The molecule has 1 aromatic carbocycles. The first-order valence-electron chi connectivity index (χ1n) is 6.49. The lowest BCUT2D eigenvalue weighted by molar-refractivity contribution is -0.143. The quantitative estimate of drug-likeness (QED) is 0.427. The van der Waals surface area contributed by atoms with Crippen LogP contribution in [0.25, 0.3) is 0 Å². The van der Waals surface area contributed by atoms with Crippen LogP contribution in [0.1, 0.15) is 19.3 Å². The van der Waals surface area contributed by atoms with Gasteiger partial charge in [0.05, 0.1) is 12.5 Å². The zero-order chi connectivity index (χ0) is 15.8. The maximum absolute atomic E-state index is 11.1. The Kier molecular flexibility index (Phi) is 7.44. The molecule has 0 aliphatic heterocycles. The molecule has 0 aliphatic carbocycles. The Morgan fingerprint density at radius 1 is 1.19 bits per heavy atom. The molecule has 4 N–H and O–H groups in total. The molecule has 0 saturated heterocycles. The second-order valence-electron chi connectivity index (χ2n) is 4.66. The van der Waals surface area contributed by atoms with Crippen LogP contribution in [0.3, 0.4) is 0 Å². The number of carboxylic acid groups (broad SMARTS) is 2. The first kappa shape index (κ1) is 17.7. The van der Waals surface area contributed by atoms with E-state index in [0.717, 1.165) is 9.32 Å². The topological polar surface area (TPSA) is 110 Å². The molecular formula is C14H18INO5. The van der Waals surface area contributed by atoms with Gasteiger partial charge in [-0.2, -0.15) is 0 Å². The van der Waals surface area contributed by atoms with Crippen molar-refractivity contribution in [3.63, 3.8) is 0 Å². The molecule has 116 valence electrons. The van der Waals surface area contributed by atoms with Crippen molar-refractivity contribution in [3.8, 4) is 5.75 Å². The van der Waals surface area contributed by atoms with Gasteiger partial charge in [-0.05, 0) is 66.1 Å². The molecule has 2 atom stereocenters. The normalized spacial score (nSPS) is 13.4. The fourth-order valence-corrected chi connectivity index (χ4v) is 2.16. The minimum atomic E-state index is -1.18. The van der Waals surface area contributed by atoms with Crippen molar-refractivity contribution in [1.29, 1.82) is 0 Å². The SMILES string of the molecule is N[C@@H](C[C@H](CCCOc1ccc(I)cc1)C(=O)O)C(=O)O. The second kappa shape index (κ2) is 8.83. The fourth-order valence-electron chi connectivity index (χ4n) is 1.80. The Bertz CT molecular complexity index is 477. The third kappa shape index (κ3) is 6.76. The summed E-state index contributed by atoms with van der Waals surface area (Å²) >= 11 is 2.19. The number of hydrogen-bond donors (Lipinski definition) is 3. The number of ether oxygens (including phenoxy) is 1. The van der Waals surface area contributed by atoms with E-state index in [-0.39, 0.29) is 6.42 Å². The predicted molar refractivity (Wildman–Crippen MR) is 85.2 cm³/mol. The minimum absolute atomic E-state index is 0.0752. The van der Waals surface area contributed by atoms with Crippen LogP contribution in [0, 0.1) is 9.49 Å². The summed E-state index contributed by atoms with van der Waals surface area (Å²) in [5, 5.41) is 17.8. The maximum Gasteiger partial charge on any atom is 0.320 e. The molecule has 0 aliphatic rings. The van der Waals surface area contributed by atoms with Gasteiger partial charge in [0, 0.05) is 3.57 Å². The highest BCUT2D eigenvalue weighted by Gasteiger charge is 2.23. The molecule has 7 heteroatoms. The molecule has 0 unspecified atom stereocenters. The van der Waals surface area contributed by atoms with Crippen molar-refractivity contribution >= 4 is 34.5 Å². The average Bonchev–Trinajstić information content (AvgIpc) is 2.43. The number of carboxylic acids is 2. The summed E-state index contributed by atoms with van der Waals surface area (Å²) in [5.74, 6) is -2.25. The maximum atomic E-state index is 11.1. The molecule has 21 heavy (non-hydrogen) atoms. The van der Waals surface area contributed by atoms with E-state index in [2.05, 4.69) is 22.6 Å².